The summed E-state index contributed by atoms with van der Waals surface area (Å²) in [7, 11) is -7.71. The van der Waals surface area contributed by atoms with E-state index in [9.17, 15) is 30.4 Å². The Hall–Kier alpha value is -1.25. The van der Waals surface area contributed by atoms with Crippen molar-refractivity contribution in [2.45, 2.75) is 45.0 Å². The SMILES string of the molecule is CCCc1ccc2cc(CCC)[s+](C(F)(F)F)c2c1.F[B-](F)(F)F. The highest BCUT2D eigenvalue weighted by Gasteiger charge is 2.47. The molecule has 1 aromatic carbocycles. The molecule has 1 atom stereocenters. The molecule has 0 nitrogen and oxygen atoms in total. The van der Waals surface area contributed by atoms with E-state index in [1.54, 1.807) is 12.1 Å². The predicted molar refractivity (Wildman–Crippen MR) is 85.9 cm³/mol. The van der Waals surface area contributed by atoms with E-state index >= 15 is 0 Å². The molecule has 0 saturated heterocycles. The van der Waals surface area contributed by atoms with Gasteiger partial charge in [0.2, 0.25) is 0 Å². The summed E-state index contributed by atoms with van der Waals surface area (Å²) in [6.07, 6.45) is 3.07. The normalized spacial score (nSPS) is 13.0. The Balaban J connectivity index is 0.000000505. The van der Waals surface area contributed by atoms with Gasteiger partial charge < -0.3 is 17.3 Å². The molecule has 0 bridgehead atoms. The number of aryl methyl sites for hydroxylation is 2. The maximum atomic E-state index is 13.3. The first-order valence-corrected chi connectivity index (χ1v) is 8.71. The fourth-order valence-corrected chi connectivity index (χ4v) is 4.50. The molecule has 0 aliphatic rings. The quantitative estimate of drug-likeness (QED) is 0.300. The first-order valence-electron chi connectivity index (χ1n) is 7.49. The van der Waals surface area contributed by atoms with Crippen molar-refractivity contribution in [3.63, 3.8) is 0 Å². The Morgan fingerprint density at radius 2 is 1.46 bits per heavy atom. The second-order valence-electron chi connectivity index (χ2n) is 5.23. The minimum absolute atomic E-state index is 0.474. The van der Waals surface area contributed by atoms with Gasteiger partial charge in [0.15, 0.2) is 9.58 Å². The largest absolute Gasteiger partial charge is 0.673 e. The Morgan fingerprint density at radius 1 is 0.917 bits per heavy atom. The maximum absolute atomic E-state index is 13.3. The minimum Gasteiger partial charge on any atom is -0.418 e. The van der Waals surface area contributed by atoms with Crippen LogP contribution in [0.25, 0.3) is 10.1 Å². The summed E-state index contributed by atoms with van der Waals surface area (Å²) in [4.78, 5) is 0.540. The molecule has 1 heterocycles. The summed E-state index contributed by atoms with van der Waals surface area (Å²) >= 11 is 0. The molecule has 0 fully saturated rings. The van der Waals surface area contributed by atoms with Gasteiger partial charge in [-0.1, -0.05) is 26.3 Å². The van der Waals surface area contributed by atoms with E-state index < -0.39 is 23.2 Å². The standard InChI is InChI=1S/C15H18F3S.BF4/c1-3-5-11-7-8-12-10-13(6-4-2)19(14(12)9-11)15(16,17)18;2-1(3,4)5/h7-10H,3-6H2,1-2H3;/q+1;-1. The third-order valence-electron chi connectivity index (χ3n) is 3.14. The molecule has 0 aliphatic carbocycles. The van der Waals surface area contributed by atoms with Gasteiger partial charge in [0, 0.05) is 23.9 Å². The lowest BCUT2D eigenvalue weighted by Gasteiger charge is -2.00. The zero-order valence-electron chi connectivity index (χ0n) is 13.3. The third-order valence-corrected chi connectivity index (χ3v) is 5.25. The van der Waals surface area contributed by atoms with E-state index in [-0.39, 0.29) is 0 Å². The van der Waals surface area contributed by atoms with Crippen LogP contribution < -0.4 is 0 Å². The van der Waals surface area contributed by atoms with E-state index in [0.717, 1.165) is 30.2 Å². The molecular formula is C15H18BF7S. The summed E-state index contributed by atoms with van der Waals surface area (Å²) in [5, 5.41) is 0.754. The Kier molecular flexibility index (Phi) is 7.13. The molecule has 0 N–H and O–H groups in total. The fourth-order valence-electron chi connectivity index (χ4n) is 2.39. The number of hydrogen-bond acceptors (Lipinski definition) is 0. The van der Waals surface area contributed by atoms with Crippen LogP contribution in [-0.2, 0) is 18.3 Å². The summed E-state index contributed by atoms with van der Waals surface area (Å²) in [5.74, 6) is 0. The van der Waals surface area contributed by atoms with Gasteiger partial charge in [0.1, 0.15) is 0 Å². The molecule has 0 amide bonds. The molecule has 0 saturated carbocycles. The van der Waals surface area contributed by atoms with Gasteiger partial charge in [-0.3, -0.25) is 0 Å². The van der Waals surface area contributed by atoms with Crippen LogP contribution in [0, 0.1) is 0 Å². The average molecular weight is 374 g/mol. The zero-order valence-corrected chi connectivity index (χ0v) is 14.1. The maximum Gasteiger partial charge on any atom is 0.673 e. The van der Waals surface area contributed by atoms with E-state index in [0.29, 0.717) is 16.0 Å². The molecule has 0 spiro atoms. The number of alkyl halides is 3. The van der Waals surface area contributed by atoms with Crippen molar-refractivity contribution in [3.8, 4) is 0 Å². The lowest BCUT2D eigenvalue weighted by molar-refractivity contribution is -0.0867. The summed E-state index contributed by atoms with van der Waals surface area (Å²) in [6.45, 7) is 3.96. The highest BCUT2D eigenvalue weighted by atomic mass is 32.2. The van der Waals surface area contributed by atoms with Gasteiger partial charge in [-0.05, 0) is 24.5 Å². The van der Waals surface area contributed by atoms with Gasteiger partial charge in [0.05, 0.1) is 10.5 Å². The Labute approximate surface area is 138 Å². The van der Waals surface area contributed by atoms with Crippen LogP contribution >= 0.6 is 10.5 Å². The lowest BCUT2D eigenvalue weighted by Crippen LogP contribution is -2.02. The molecule has 1 aromatic heterocycles. The molecule has 0 radical (unpaired) electrons. The number of benzene rings is 1. The summed E-state index contributed by atoms with van der Waals surface area (Å²) in [6, 6.07) is 7.29. The van der Waals surface area contributed by atoms with Crippen molar-refractivity contribution < 1.29 is 30.4 Å². The van der Waals surface area contributed by atoms with Gasteiger partial charge in [-0.2, -0.15) is 0 Å². The van der Waals surface area contributed by atoms with Gasteiger partial charge in [-0.15, -0.1) is 13.2 Å². The Morgan fingerprint density at radius 3 is 1.92 bits per heavy atom. The monoisotopic (exact) mass is 374 g/mol. The topological polar surface area (TPSA) is 0 Å². The molecular weight excluding hydrogens is 356 g/mol. The van der Waals surface area contributed by atoms with E-state index in [4.69, 9.17) is 0 Å². The van der Waals surface area contributed by atoms with Crippen LogP contribution in [0.4, 0.5) is 30.4 Å². The van der Waals surface area contributed by atoms with Crippen molar-refractivity contribution in [2.24, 2.45) is 0 Å². The van der Waals surface area contributed by atoms with Crippen LogP contribution in [0.15, 0.2) is 24.3 Å². The van der Waals surface area contributed by atoms with Crippen molar-refractivity contribution in [2.75, 3.05) is 0 Å². The van der Waals surface area contributed by atoms with E-state index in [1.807, 2.05) is 26.0 Å². The second-order valence-corrected chi connectivity index (χ2v) is 7.27. The first-order chi connectivity index (χ1) is 11.0. The van der Waals surface area contributed by atoms with Crippen LogP contribution in [0.2, 0.25) is 0 Å². The van der Waals surface area contributed by atoms with Crippen molar-refractivity contribution in [1.82, 2.24) is 0 Å². The molecule has 2 rings (SSSR count). The number of fused-ring (bicyclic) bond motifs is 1. The molecule has 136 valence electrons. The number of hydrogen-bond donors (Lipinski definition) is 0. The van der Waals surface area contributed by atoms with Gasteiger partial charge in [-0.25, -0.2) is 0 Å². The van der Waals surface area contributed by atoms with E-state index in [2.05, 4.69) is 0 Å². The van der Waals surface area contributed by atoms with Crippen LogP contribution in [0.1, 0.15) is 37.1 Å². The van der Waals surface area contributed by atoms with Crippen molar-refractivity contribution >= 4 is 27.8 Å². The summed E-state index contributed by atoms with van der Waals surface area (Å²) < 4.78 is 79.4. The Bertz CT molecular complexity index is 652. The average Bonchev–Trinajstić information content (AvgIpc) is 2.74. The van der Waals surface area contributed by atoms with Crippen molar-refractivity contribution in [1.29, 1.82) is 0 Å². The second kappa shape index (κ2) is 8.22. The molecule has 1 unspecified atom stereocenters. The molecule has 0 aliphatic heterocycles. The van der Waals surface area contributed by atoms with Gasteiger partial charge in [0.25, 0.3) is 0 Å². The third kappa shape index (κ3) is 6.34. The number of rotatable bonds is 4. The molecule has 2 aromatic rings. The molecule has 24 heavy (non-hydrogen) atoms. The highest BCUT2D eigenvalue weighted by molar-refractivity contribution is 7.38. The lowest BCUT2D eigenvalue weighted by atomic mass is 10.1. The minimum atomic E-state index is -6.00. The number of halogens is 7. The van der Waals surface area contributed by atoms with Crippen LogP contribution in [0.5, 0.6) is 0 Å². The van der Waals surface area contributed by atoms with Gasteiger partial charge >= 0.3 is 12.8 Å². The van der Waals surface area contributed by atoms with E-state index in [1.165, 1.54) is 0 Å². The first kappa shape index (κ1) is 20.8. The van der Waals surface area contributed by atoms with Crippen LogP contribution in [-0.4, -0.2) is 7.25 Å². The molecule has 9 heteroatoms. The zero-order chi connectivity index (χ0) is 18.5. The predicted octanol–water partition coefficient (Wildman–Crippen LogP) is 7.27. The van der Waals surface area contributed by atoms with Crippen LogP contribution in [0.3, 0.4) is 0 Å². The smallest absolute Gasteiger partial charge is 0.418 e. The summed E-state index contributed by atoms with van der Waals surface area (Å²) in [5.41, 5.74) is -3.15. The fraction of sp³-hybridized carbons (Fsp3) is 0.467. The highest BCUT2D eigenvalue weighted by Crippen LogP contribution is 2.51. The van der Waals surface area contributed by atoms with Crippen molar-refractivity contribution in [3.05, 3.63) is 34.7 Å². The number of thiophene rings is 1.